The Morgan fingerprint density at radius 2 is 1.93 bits per heavy atom. The number of hydrogen-bond donors (Lipinski definition) is 1. The van der Waals surface area contributed by atoms with Crippen LogP contribution in [-0.4, -0.2) is 26.8 Å². The van der Waals surface area contributed by atoms with Crippen LogP contribution in [0.25, 0.3) is 0 Å². The third kappa shape index (κ3) is 4.52. The maximum absolute atomic E-state index is 5.10. The van der Waals surface area contributed by atoms with Gasteiger partial charge in [0.05, 0.1) is 0 Å². The third-order valence-electron chi connectivity index (χ3n) is 3.72. The Morgan fingerprint density at radius 3 is 2.53 bits per heavy atom. The zero-order valence-electron chi connectivity index (χ0n) is 10.5. The molecule has 0 unspecified atom stereocenters. The van der Waals surface area contributed by atoms with Crippen LogP contribution in [0, 0.1) is 5.41 Å². The second kappa shape index (κ2) is 7.24. The molecule has 0 aromatic carbocycles. The van der Waals surface area contributed by atoms with Gasteiger partial charge >= 0.3 is 0 Å². The molecule has 1 rings (SSSR count). The highest BCUT2D eigenvalue weighted by molar-refractivity contribution is 4.86. The summed E-state index contributed by atoms with van der Waals surface area (Å²) in [5.74, 6) is 0. The van der Waals surface area contributed by atoms with Crippen molar-refractivity contribution < 1.29 is 4.74 Å². The Labute approximate surface area is 94.8 Å². The van der Waals surface area contributed by atoms with Crippen LogP contribution in [0.4, 0.5) is 0 Å². The van der Waals surface area contributed by atoms with Crippen molar-refractivity contribution in [2.75, 3.05) is 26.8 Å². The van der Waals surface area contributed by atoms with Gasteiger partial charge in [-0.05, 0) is 37.6 Å². The van der Waals surface area contributed by atoms with Gasteiger partial charge in [0.25, 0.3) is 0 Å². The van der Waals surface area contributed by atoms with Gasteiger partial charge in [-0.2, -0.15) is 0 Å². The molecule has 15 heavy (non-hydrogen) atoms. The smallest absolute Gasteiger partial charge is 0.0462 e. The lowest BCUT2D eigenvalue weighted by Crippen LogP contribution is -2.32. The summed E-state index contributed by atoms with van der Waals surface area (Å²) in [4.78, 5) is 0. The van der Waals surface area contributed by atoms with E-state index in [2.05, 4.69) is 12.2 Å². The van der Waals surface area contributed by atoms with Crippen LogP contribution < -0.4 is 5.32 Å². The first-order valence-electron chi connectivity index (χ1n) is 6.53. The molecule has 0 bridgehead atoms. The highest BCUT2D eigenvalue weighted by Crippen LogP contribution is 2.41. The van der Waals surface area contributed by atoms with Crippen molar-refractivity contribution in [3.63, 3.8) is 0 Å². The highest BCUT2D eigenvalue weighted by Gasteiger charge is 2.32. The first kappa shape index (κ1) is 13.0. The van der Waals surface area contributed by atoms with Gasteiger partial charge < -0.3 is 10.1 Å². The average molecular weight is 213 g/mol. The fourth-order valence-electron chi connectivity index (χ4n) is 2.78. The zero-order valence-corrected chi connectivity index (χ0v) is 10.5. The largest absolute Gasteiger partial charge is 0.385 e. The molecule has 2 nitrogen and oxygen atoms in total. The number of unbranched alkanes of at least 4 members (excludes halogenated alkanes) is 1. The molecule has 0 amide bonds. The van der Waals surface area contributed by atoms with Crippen LogP contribution in [0.2, 0.25) is 0 Å². The van der Waals surface area contributed by atoms with Crippen LogP contribution in [0.3, 0.4) is 0 Å². The number of ether oxygens (including phenoxy) is 1. The van der Waals surface area contributed by atoms with E-state index in [0.717, 1.165) is 13.2 Å². The Balaban J connectivity index is 2.23. The van der Waals surface area contributed by atoms with Crippen molar-refractivity contribution in [2.45, 2.75) is 51.9 Å². The molecular weight excluding hydrogens is 186 g/mol. The Hall–Kier alpha value is -0.0800. The SMILES string of the molecule is CCNCC1(CCCCOC)CCCC1. The molecule has 0 radical (unpaired) electrons. The van der Waals surface area contributed by atoms with Gasteiger partial charge in [-0.1, -0.05) is 26.2 Å². The standard InChI is InChI=1S/C13H27NO/c1-3-14-12-13(8-4-5-9-13)10-6-7-11-15-2/h14H,3-12H2,1-2H3. The van der Waals surface area contributed by atoms with Gasteiger partial charge in [0, 0.05) is 20.3 Å². The fraction of sp³-hybridized carbons (Fsp3) is 1.00. The van der Waals surface area contributed by atoms with E-state index in [1.54, 1.807) is 7.11 Å². The van der Waals surface area contributed by atoms with E-state index in [4.69, 9.17) is 4.74 Å². The van der Waals surface area contributed by atoms with Crippen LogP contribution in [-0.2, 0) is 4.74 Å². The van der Waals surface area contributed by atoms with E-state index in [1.807, 2.05) is 0 Å². The summed E-state index contributed by atoms with van der Waals surface area (Å²) in [6, 6.07) is 0. The quantitative estimate of drug-likeness (QED) is 0.626. The van der Waals surface area contributed by atoms with Crippen molar-refractivity contribution in [3.8, 4) is 0 Å². The molecule has 0 aliphatic heterocycles. The summed E-state index contributed by atoms with van der Waals surface area (Å²) >= 11 is 0. The van der Waals surface area contributed by atoms with E-state index in [-0.39, 0.29) is 0 Å². The second-order valence-corrected chi connectivity index (χ2v) is 4.94. The first-order chi connectivity index (χ1) is 7.33. The predicted octanol–water partition coefficient (Wildman–Crippen LogP) is 2.97. The van der Waals surface area contributed by atoms with Crippen molar-refractivity contribution in [3.05, 3.63) is 0 Å². The van der Waals surface area contributed by atoms with Crippen LogP contribution in [0.15, 0.2) is 0 Å². The summed E-state index contributed by atoms with van der Waals surface area (Å²) in [5, 5.41) is 3.54. The van der Waals surface area contributed by atoms with Crippen molar-refractivity contribution in [1.82, 2.24) is 5.32 Å². The number of rotatable bonds is 8. The Bertz CT molecular complexity index is 153. The van der Waals surface area contributed by atoms with Gasteiger partial charge in [-0.25, -0.2) is 0 Å². The lowest BCUT2D eigenvalue weighted by atomic mass is 9.81. The summed E-state index contributed by atoms with van der Waals surface area (Å²) < 4.78 is 5.10. The van der Waals surface area contributed by atoms with Gasteiger partial charge in [-0.15, -0.1) is 0 Å². The normalized spacial score (nSPS) is 19.6. The lowest BCUT2D eigenvalue weighted by Gasteiger charge is -2.29. The van der Waals surface area contributed by atoms with E-state index in [1.165, 1.54) is 51.5 Å². The van der Waals surface area contributed by atoms with Crippen LogP contribution in [0.1, 0.15) is 51.9 Å². The Morgan fingerprint density at radius 1 is 1.20 bits per heavy atom. The third-order valence-corrected chi connectivity index (χ3v) is 3.72. The van der Waals surface area contributed by atoms with Gasteiger partial charge in [0.2, 0.25) is 0 Å². The minimum atomic E-state index is 0.629. The summed E-state index contributed by atoms with van der Waals surface area (Å²) in [5.41, 5.74) is 0.629. The minimum absolute atomic E-state index is 0.629. The maximum atomic E-state index is 5.10. The van der Waals surface area contributed by atoms with E-state index < -0.39 is 0 Å². The van der Waals surface area contributed by atoms with Crippen molar-refractivity contribution >= 4 is 0 Å². The summed E-state index contributed by atoms with van der Waals surface area (Å²) in [6.45, 7) is 5.47. The molecule has 1 aliphatic rings. The van der Waals surface area contributed by atoms with Crippen molar-refractivity contribution in [1.29, 1.82) is 0 Å². The lowest BCUT2D eigenvalue weighted by molar-refractivity contribution is 0.180. The second-order valence-electron chi connectivity index (χ2n) is 4.94. The number of nitrogens with one attached hydrogen (secondary N) is 1. The number of hydrogen-bond acceptors (Lipinski definition) is 2. The fourth-order valence-corrected chi connectivity index (χ4v) is 2.78. The topological polar surface area (TPSA) is 21.3 Å². The molecule has 1 N–H and O–H groups in total. The summed E-state index contributed by atoms with van der Waals surface area (Å²) in [6.07, 6.45) is 9.71. The Kier molecular flexibility index (Phi) is 6.26. The van der Waals surface area contributed by atoms with Crippen LogP contribution in [0.5, 0.6) is 0 Å². The summed E-state index contributed by atoms with van der Waals surface area (Å²) in [7, 11) is 1.80. The molecule has 0 saturated heterocycles. The molecule has 0 aromatic heterocycles. The van der Waals surface area contributed by atoms with Gasteiger partial charge in [-0.3, -0.25) is 0 Å². The maximum Gasteiger partial charge on any atom is 0.0462 e. The zero-order chi connectivity index (χ0) is 11.0. The monoisotopic (exact) mass is 213 g/mol. The van der Waals surface area contributed by atoms with E-state index >= 15 is 0 Å². The molecule has 1 fully saturated rings. The predicted molar refractivity (Wildman–Crippen MR) is 65.2 cm³/mol. The average Bonchev–Trinajstić information content (AvgIpc) is 2.71. The molecule has 2 heteroatoms. The molecule has 0 heterocycles. The minimum Gasteiger partial charge on any atom is -0.385 e. The van der Waals surface area contributed by atoms with E-state index in [0.29, 0.717) is 5.41 Å². The highest BCUT2D eigenvalue weighted by atomic mass is 16.5. The van der Waals surface area contributed by atoms with Crippen molar-refractivity contribution in [2.24, 2.45) is 5.41 Å². The molecule has 1 aliphatic carbocycles. The van der Waals surface area contributed by atoms with E-state index in [9.17, 15) is 0 Å². The number of methoxy groups -OCH3 is 1. The van der Waals surface area contributed by atoms with Gasteiger partial charge in [0.15, 0.2) is 0 Å². The molecular formula is C13H27NO. The molecule has 0 aromatic rings. The molecule has 0 spiro atoms. The molecule has 1 saturated carbocycles. The van der Waals surface area contributed by atoms with Crippen LogP contribution >= 0.6 is 0 Å². The first-order valence-corrected chi connectivity index (χ1v) is 6.53. The molecule has 90 valence electrons. The molecule has 0 atom stereocenters. The van der Waals surface area contributed by atoms with Gasteiger partial charge in [0.1, 0.15) is 0 Å².